The lowest BCUT2D eigenvalue weighted by Crippen LogP contribution is -2.30. The van der Waals surface area contributed by atoms with Gasteiger partial charge in [-0.15, -0.1) is 0 Å². The molecule has 1 atom stereocenters. The number of hydrogen-bond acceptors (Lipinski definition) is 5. The number of imidazole rings is 1. The first-order chi connectivity index (χ1) is 17.0. The van der Waals surface area contributed by atoms with Crippen molar-refractivity contribution in [3.05, 3.63) is 83.7 Å². The van der Waals surface area contributed by atoms with E-state index in [-0.39, 0.29) is 18.4 Å². The zero-order chi connectivity index (χ0) is 24.4. The fraction of sp³-hybridized carbons (Fsp3) is 0.222. The number of nitrogens with one attached hydrogen (secondary N) is 2. The van der Waals surface area contributed by atoms with Crippen LogP contribution in [0.1, 0.15) is 34.7 Å². The van der Waals surface area contributed by atoms with Gasteiger partial charge in [0.25, 0.3) is 5.91 Å². The largest absolute Gasteiger partial charge is 0.486 e. The average molecular weight is 471 g/mol. The number of benzene rings is 3. The first kappa shape index (κ1) is 22.5. The number of nitrogens with zero attached hydrogens (tertiary/aromatic N) is 2. The standard InChI is InChI=1S/C27H26N4O4/c1-17-7-9-19(10-8-17)27(33)28-18(2)26-30-21-5-3-4-6-22(21)31(26)16-25(32)29-20-11-12-23-24(15-20)35-14-13-34-23/h3-12,15,18H,13-14,16H2,1-2H3,(H,28,33)(H,29,32). The van der Waals surface area contributed by atoms with Gasteiger partial charge in [-0.1, -0.05) is 29.8 Å². The Hall–Kier alpha value is -4.33. The van der Waals surface area contributed by atoms with Gasteiger partial charge >= 0.3 is 0 Å². The number of carbonyl (C=O) groups is 2. The molecule has 0 spiro atoms. The minimum Gasteiger partial charge on any atom is -0.486 e. The normalized spacial score (nSPS) is 13.3. The van der Waals surface area contributed by atoms with E-state index in [0.29, 0.717) is 41.8 Å². The molecule has 2 amide bonds. The second kappa shape index (κ2) is 9.50. The lowest BCUT2D eigenvalue weighted by atomic mass is 10.1. The predicted octanol–water partition coefficient (Wildman–Crippen LogP) is 4.25. The van der Waals surface area contributed by atoms with E-state index in [2.05, 4.69) is 10.6 Å². The van der Waals surface area contributed by atoms with Crippen LogP contribution in [0.5, 0.6) is 11.5 Å². The van der Waals surface area contributed by atoms with Gasteiger partial charge in [0, 0.05) is 17.3 Å². The van der Waals surface area contributed by atoms with Crippen LogP contribution in [-0.2, 0) is 11.3 Å². The van der Waals surface area contributed by atoms with Crippen molar-refractivity contribution < 1.29 is 19.1 Å². The molecule has 0 saturated heterocycles. The number of amides is 2. The van der Waals surface area contributed by atoms with E-state index >= 15 is 0 Å². The van der Waals surface area contributed by atoms with Crippen molar-refractivity contribution in [3.8, 4) is 11.5 Å². The summed E-state index contributed by atoms with van der Waals surface area (Å²) in [6.07, 6.45) is 0. The van der Waals surface area contributed by atoms with E-state index in [1.54, 1.807) is 30.3 Å². The van der Waals surface area contributed by atoms with Gasteiger partial charge in [0.15, 0.2) is 11.5 Å². The Balaban J connectivity index is 1.37. The van der Waals surface area contributed by atoms with Gasteiger partial charge in [-0.25, -0.2) is 4.98 Å². The second-order valence-corrected chi connectivity index (χ2v) is 8.51. The molecular formula is C27H26N4O4. The molecule has 8 nitrogen and oxygen atoms in total. The van der Waals surface area contributed by atoms with Gasteiger partial charge in [0.2, 0.25) is 5.91 Å². The zero-order valence-corrected chi connectivity index (χ0v) is 19.6. The molecule has 1 unspecified atom stereocenters. The maximum absolute atomic E-state index is 13.0. The first-order valence-electron chi connectivity index (χ1n) is 11.5. The van der Waals surface area contributed by atoms with E-state index in [9.17, 15) is 9.59 Å². The van der Waals surface area contributed by atoms with E-state index in [1.165, 1.54) is 0 Å². The summed E-state index contributed by atoms with van der Waals surface area (Å²) in [4.78, 5) is 30.5. The van der Waals surface area contributed by atoms with Crippen LogP contribution in [0.4, 0.5) is 5.69 Å². The molecule has 2 heterocycles. The molecule has 0 fully saturated rings. The number of hydrogen-bond donors (Lipinski definition) is 2. The van der Waals surface area contributed by atoms with Crippen LogP contribution >= 0.6 is 0 Å². The Morgan fingerprint density at radius 2 is 1.74 bits per heavy atom. The Bertz CT molecular complexity index is 1390. The predicted molar refractivity (Wildman–Crippen MR) is 133 cm³/mol. The summed E-state index contributed by atoms with van der Waals surface area (Å²) in [6.45, 7) is 4.86. The molecule has 35 heavy (non-hydrogen) atoms. The molecule has 0 saturated carbocycles. The number of rotatable bonds is 6. The number of fused-ring (bicyclic) bond motifs is 2. The van der Waals surface area contributed by atoms with Crippen LogP contribution in [0.3, 0.4) is 0 Å². The fourth-order valence-electron chi connectivity index (χ4n) is 4.11. The van der Waals surface area contributed by atoms with Crippen molar-refractivity contribution in [2.45, 2.75) is 26.4 Å². The fourth-order valence-corrected chi connectivity index (χ4v) is 4.11. The van der Waals surface area contributed by atoms with Crippen molar-refractivity contribution in [2.75, 3.05) is 18.5 Å². The van der Waals surface area contributed by atoms with Gasteiger partial charge in [-0.05, 0) is 50.2 Å². The summed E-state index contributed by atoms with van der Waals surface area (Å²) < 4.78 is 13.0. The summed E-state index contributed by atoms with van der Waals surface area (Å²) in [5.74, 6) is 1.45. The van der Waals surface area contributed by atoms with Crippen LogP contribution in [0.2, 0.25) is 0 Å². The maximum Gasteiger partial charge on any atom is 0.251 e. The highest BCUT2D eigenvalue weighted by atomic mass is 16.6. The van der Waals surface area contributed by atoms with Crippen LogP contribution < -0.4 is 20.1 Å². The van der Waals surface area contributed by atoms with Crippen molar-refractivity contribution in [3.63, 3.8) is 0 Å². The highest BCUT2D eigenvalue weighted by Gasteiger charge is 2.21. The number of carbonyl (C=O) groups excluding carboxylic acids is 2. The minimum absolute atomic E-state index is 0.0367. The molecule has 8 heteroatoms. The second-order valence-electron chi connectivity index (χ2n) is 8.51. The molecule has 0 aliphatic carbocycles. The van der Waals surface area contributed by atoms with Gasteiger partial charge in [0.1, 0.15) is 25.6 Å². The molecule has 1 aliphatic heterocycles. The van der Waals surface area contributed by atoms with Crippen LogP contribution in [0, 0.1) is 6.92 Å². The Morgan fingerprint density at radius 1 is 1.00 bits per heavy atom. The van der Waals surface area contributed by atoms with Crippen molar-refractivity contribution in [1.29, 1.82) is 0 Å². The molecule has 0 radical (unpaired) electrons. The Kier molecular flexibility index (Phi) is 6.10. The zero-order valence-electron chi connectivity index (χ0n) is 19.6. The van der Waals surface area contributed by atoms with Crippen LogP contribution in [-0.4, -0.2) is 34.6 Å². The summed E-state index contributed by atoms with van der Waals surface area (Å²) in [5, 5.41) is 5.93. The van der Waals surface area contributed by atoms with Crippen LogP contribution in [0.15, 0.2) is 66.7 Å². The summed E-state index contributed by atoms with van der Waals surface area (Å²) >= 11 is 0. The van der Waals surface area contributed by atoms with Gasteiger partial charge in [0.05, 0.1) is 17.1 Å². The molecule has 3 aromatic carbocycles. The summed E-state index contributed by atoms with van der Waals surface area (Å²) in [5.41, 5.74) is 3.84. The number of anilines is 1. The van der Waals surface area contributed by atoms with Gasteiger partial charge < -0.3 is 24.7 Å². The number of ether oxygens (including phenoxy) is 2. The third-order valence-corrected chi connectivity index (χ3v) is 5.86. The Labute approximate surface area is 202 Å². The number of aromatic nitrogens is 2. The molecule has 178 valence electrons. The lowest BCUT2D eigenvalue weighted by molar-refractivity contribution is -0.116. The number of para-hydroxylation sites is 2. The van der Waals surface area contributed by atoms with Gasteiger partial charge in [-0.3, -0.25) is 9.59 Å². The van der Waals surface area contributed by atoms with Gasteiger partial charge in [-0.2, -0.15) is 0 Å². The molecule has 4 aromatic rings. The molecule has 1 aliphatic rings. The third kappa shape index (κ3) is 4.82. The molecular weight excluding hydrogens is 444 g/mol. The van der Waals surface area contributed by atoms with E-state index in [0.717, 1.165) is 16.6 Å². The van der Waals surface area contributed by atoms with E-state index in [4.69, 9.17) is 14.5 Å². The highest BCUT2D eigenvalue weighted by molar-refractivity contribution is 5.95. The van der Waals surface area contributed by atoms with E-state index < -0.39 is 6.04 Å². The van der Waals surface area contributed by atoms with E-state index in [1.807, 2.05) is 54.8 Å². The summed E-state index contributed by atoms with van der Waals surface area (Å²) in [7, 11) is 0. The molecule has 1 aromatic heterocycles. The smallest absolute Gasteiger partial charge is 0.251 e. The van der Waals surface area contributed by atoms with Crippen molar-refractivity contribution >= 4 is 28.5 Å². The highest BCUT2D eigenvalue weighted by Crippen LogP contribution is 2.32. The van der Waals surface area contributed by atoms with Crippen LogP contribution in [0.25, 0.3) is 11.0 Å². The quantitative estimate of drug-likeness (QED) is 0.440. The third-order valence-electron chi connectivity index (χ3n) is 5.86. The number of aryl methyl sites for hydroxylation is 1. The monoisotopic (exact) mass is 470 g/mol. The molecule has 5 rings (SSSR count). The maximum atomic E-state index is 13.0. The molecule has 0 bridgehead atoms. The minimum atomic E-state index is -0.418. The Morgan fingerprint density at radius 3 is 2.54 bits per heavy atom. The van der Waals surface area contributed by atoms with Crippen molar-refractivity contribution in [1.82, 2.24) is 14.9 Å². The first-order valence-corrected chi connectivity index (χ1v) is 11.5. The summed E-state index contributed by atoms with van der Waals surface area (Å²) in [6, 6.07) is 19.9. The SMILES string of the molecule is Cc1ccc(C(=O)NC(C)c2nc3ccccc3n2CC(=O)Nc2ccc3c(c2)OCCO3)cc1. The lowest BCUT2D eigenvalue weighted by Gasteiger charge is -2.19. The average Bonchev–Trinajstić information content (AvgIpc) is 3.22. The topological polar surface area (TPSA) is 94.5 Å². The molecule has 2 N–H and O–H groups in total. The van der Waals surface area contributed by atoms with Crippen molar-refractivity contribution in [2.24, 2.45) is 0 Å².